The molecular formula is C26H40N2O. The number of rotatable bonds is 15. The highest BCUT2D eigenvalue weighted by molar-refractivity contribution is 5.63. The maximum atomic E-state index is 6.08. The third-order valence-electron chi connectivity index (χ3n) is 5.69. The van der Waals surface area contributed by atoms with E-state index in [1.807, 2.05) is 24.4 Å². The number of hydrogen-bond donors (Lipinski definition) is 0. The molecule has 160 valence electrons. The Labute approximate surface area is 178 Å². The van der Waals surface area contributed by atoms with Gasteiger partial charge in [0.25, 0.3) is 0 Å². The van der Waals surface area contributed by atoms with Gasteiger partial charge in [0, 0.05) is 11.9 Å². The fraction of sp³-hybridized carbons (Fsp3) is 0.615. The summed E-state index contributed by atoms with van der Waals surface area (Å²) in [7, 11) is 0. The molecule has 1 aromatic carbocycles. The first-order valence-corrected chi connectivity index (χ1v) is 11.8. The van der Waals surface area contributed by atoms with Crippen LogP contribution in [0.3, 0.4) is 0 Å². The number of benzene rings is 1. The first-order valence-electron chi connectivity index (χ1n) is 11.8. The van der Waals surface area contributed by atoms with Crippen molar-refractivity contribution < 1.29 is 4.74 Å². The minimum Gasteiger partial charge on any atom is -0.493 e. The molecule has 0 N–H and O–H groups in total. The molecule has 0 aliphatic rings. The third-order valence-corrected chi connectivity index (χ3v) is 5.69. The maximum absolute atomic E-state index is 6.08. The topological polar surface area (TPSA) is 35.0 Å². The van der Waals surface area contributed by atoms with Crippen LogP contribution in [0.15, 0.2) is 36.5 Å². The summed E-state index contributed by atoms with van der Waals surface area (Å²) in [6.07, 6.45) is 15.9. The van der Waals surface area contributed by atoms with E-state index in [0.717, 1.165) is 42.3 Å². The van der Waals surface area contributed by atoms with Crippen molar-refractivity contribution in [2.45, 2.75) is 91.4 Å². The van der Waals surface area contributed by atoms with E-state index in [1.165, 1.54) is 57.8 Å². The summed E-state index contributed by atoms with van der Waals surface area (Å²) in [4.78, 5) is 9.35. The molecule has 3 nitrogen and oxygen atoms in total. The van der Waals surface area contributed by atoms with Crippen LogP contribution < -0.4 is 4.74 Å². The van der Waals surface area contributed by atoms with Gasteiger partial charge in [0.15, 0.2) is 5.82 Å². The van der Waals surface area contributed by atoms with Crippen LogP contribution in [0.25, 0.3) is 11.4 Å². The number of aryl methyl sites for hydroxylation is 1. The fourth-order valence-corrected chi connectivity index (χ4v) is 3.46. The minimum absolute atomic E-state index is 0.688. The van der Waals surface area contributed by atoms with Gasteiger partial charge in [-0.05, 0) is 43.4 Å². The molecule has 1 unspecified atom stereocenters. The van der Waals surface area contributed by atoms with Crippen molar-refractivity contribution in [3.05, 3.63) is 42.2 Å². The number of aromatic nitrogens is 2. The largest absolute Gasteiger partial charge is 0.493 e. The maximum Gasteiger partial charge on any atom is 0.163 e. The first kappa shape index (κ1) is 23.4. The first-order chi connectivity index (χ1) is 14.2. The Kier molecular flexibility index (Phi) is 11.4. The predicted molar refractivity (Wildman–Crippen MR) is 123 cm³/mol. The van der Waals surface area contributed by atoms with Crippen LogP contribution in [0.5, 0.6) is 5.75 Å². The molecule has 0 saturated heterocycles. The van der Waals surface area contributed by atoms with E-state index in [0.29, 0.717) is 5.92 Å². The Balaban J connectivity index is 1.85. The quantitative estimate of drug-likeness (QED) is 0.290. The van der Waals surface area contributed by atoms with Gasteiger partial charge in [0.1, 0.15) is 5.75 Å². The summed E-state index contributed by atoms with van der Waals surface area (Å²) < 4.78 is 6.08. The molecule has 0 amide bonds. The Morgan fingerprint density at radius 1 is 0.897 bits per heavy atom. The zero-order valence-corrected chi connectivity index (χ0v) is 18.8. The molecule has 2 rings (SSSR count). The zero-order chi connectivity index (χ0) is 20.7. The highest BCUT2D eigenvalue weighted by Crippen LogP contribution is 2.27. The van der Waals surface area contributed by atoms with Crippen LogP contribution >= 0.6 is 0 Å². The molecule has 0 fully saturated rings. The van der Waals surface area contributed by atoms with Crippen molar-refractivity contribution in [2.24, 2.45) is 5.92 Å². The third kappa shape index (κ3) is 8.97. The molecule has 0 bridgehead atoms. The second-order valence-corrected chi connectivity index (χ2v) is 8.24. The normalized spacial score (nSPS) is 12.1. The highest BCUT2D eigenvalue weighted by atomic mass is 16.5. The van der Waals surface area contributed by atoms with Gasteiger partial charge in [-0.2, -0.15) is 0 Å². The predicted octanol–water partition coefficient (Wildman–Crippen LogP) is 7.64. The lowest BCUT2D eigenvalue weighted by Crippen LogP contribution is -2.04. The lowest BCUT2D eigenvalue weighted by molar-refractivity contribution is 0.282. The minimum atomic E-state index is 0.688. The van der Waals surface area contributed by atoms with E-state index >= 15 is 0 Å². The van der Waals surface area contributed by atoms with Gasteiger partial charge in [0.2, 0.25) is 0 Å². The number of unbranched alkanes of at least 4 members (excludes halogenated alkanes) is 7. The van der Waals surface area contributed by atoms with Gasteiger partial charge in [-0.3, -0.25) is 0 Å². The summed E-state index contributed by atoms with van der Waals surface area (Å²) in [5.74, 6) is 2.36. The van der Waals surface area contributed by atoms with E-state index in [9.17, 15) is 0 Å². The van der Waals surface area contributed by atoms with Crippen LogP contribution in [-0.4, -0.2) is 16.6 Å². The molecule has 2 aromatic rings. The summed E-state index contributed by atoms with van der Waals surface area (Å²) in [5, 5.41) is 0. The van der Waals surface area contributed by atoms with Crippen LogP contribution in [0.4, 0.5) is 0 Å². The van der Waals surface area contributed by atoms with E-state index in [4.69, 9.17) is 9.72 Å². The summed E-state index contributed by atoms with van der Waals surface area (Å²) >= 11 is 0. The summed E-state index contributed by atoms with van der Waals surface area (Å²) in [6.45, 7) is 7.51. The molecule has 3 heteroatoms. The fourth-order valence-electron chi connectivity index (χ4n) is 3.46. The molecule has 0 saturated carbocycles. The average molecular weight is 397 g/mol. The van der Waals surface area contributed by atoms with Crippen LogP contribution in [0, 0.1) is 5.92 Å². The Bertz CT molecular complexity index is 686. The molecule has 0 spiro atoms. The lowest BCUT2D eigenvalue weighted by atomic mass is 10.1. The van der Waals surface area contributed by atoms with Gasteiger partial charge >= 0.3 is 0 Å². The molecule has 1 atom stereocenters. The second-order valence-electron chi connectivity index (χ2n) is 8.24. The van der Waals surface area contributed by atoms with E-state index in [-0.39, 0.29) is 0 Å². The molecular weight excluding hydrogens is 356 g/mol. The number of para-hydroxylation sites is 1. The van der Waals surface area contributed by atoms with Crippen LogP contribution in [0.2, 0.25) is 0 Å². The smallest absolute Gasteiger partial charge is 0.163 e. The van der Waals surface area contributed by atoms with Crippen LogP contribution in [0.1, 0.15) is 90.7 Å². The average Bonchev–Trinajstić information content (AvgIpc) is 2.76. The van der Waals surface area contributed by atoms with E-state index in [2.05, 4.69) is 37.9 Å². The van der Waals surface area contributed by atoms with Crippen molar-refractivity contribution in [1.29, 1.82) is 0 Å². The molecule has 0 aliphatic carbocycles. The van der Waals surface area contributed by atoms with Crippen molar-refractivity contribution in [2.75, 3.05) is 6.61 Å². The Hall–Kier alpha value is -1.90. The van der Waals surface area contributed by atoms with Crippen molar-refractivity contribution in [3.63, 3.8) is 0 Å². The van der Waals surface area contributed by atoms with Gasteiger partial charge < -0.3 is 4.74 Å². The monoisotopic (exact) mass is 396 g/mol. The van der Waals surface area contributed by atoms with Crippen LogP contribution in [-0.2, 0) is 6.42 Å². The second kappa shape index (κ2) is 14.1. The summed E-state index contributed by atoms with van der Waals surface area (Å²) in [5.41, 5.74) is 2.13. The van der Waals surface area contributed by atoms with Crippen molar-refractivity contribution >= 4 is 0 Å². The SMILES string of the molecule is CCCCCCCCCCc1ccnc(-c2ccccc2OCCC(C)CC)n1. The Morgan fingerprint density at radius 2 is 1.62 bits per heavy atom. The molecule has 1 aromatic heterocycles. The van der Waals surface area contributed by atoms with Gasteiger partial charge in [-0.1, -0.05) is 84.3 Å². The molecule has 0 aliphatic heterocycles. The molecule has 29 heavy (non-hydrogen) atoms. The molecule has 1 heterocycles. The van der Waals surface area contributed by atoms with Gasteiger partial charge in [-0.25, -0.2) is 9.97 Å². The Morgan fingerprint density at radius 3 is 2.38 bits per heavy atom. The number of nitrogens with zero attached hydrogens (tertiary/aromatic N) is 2. The van der Waals surface area contributed by atoms with Gasteiger partial charge in [0.05, 0.1) is 12.2 Å². The lowest BCUT2D eigenvalue weighted by Gasteiger charge is -2.13. The zero-order valence-electron chi connectivity index (χ0n) is 18.8. The highest BCUT2D eigenvalue weighted by Gasteiger charge is 2.10. The standard InChI is InChI=1S/C26H40N2O/c1-4-6-7-8-9-10-11-12-15-23-18-20-27-26(28-23)24-16-13-14-17-25(24)29-21-19-22(3)5-2/h13-14,16-18,20,22H,4-12,15,19,21H2,1-3H3. The number of hydrogen-bond acceptors (Lipinski definition) is 3. The van der Waals surface area contributed by atoms with Gasteiger partial charge in [-0.15, -0.1) is 0 Å². The summed E-state index contributed by atoms with van der Waals surface area (Å²) in [6, 6.07) is 10.2. The number of ether oxygens (including phenoxy) is 1. The van der Waals surface area contributed by atoms with Crippen molar-refractivity contribution in [3.8, 4) is 17.1 Å². The van der Waals surface area contributed by atoms with E-state index < -0.39 is 0 Å². The van der Waals surface area contributed by atoms with E-state index in [1.54, 1.807) is 0 Å². The molecule has 0 radical (unpaired) electrons. The van der Waals surface area contributed by atoms with Crippen molar-refractivity contribution in [1.82, 2.24) is 9.97 Å².